The molecule has 5 rings (SSSR count). The van der Waals surface area contributed by atoms with Crippen LogP contribution >= 0.6 is 0 Å². The summed E-state index contributed by atoms with van der Waals surface area (Å²) in [5, 5.41) is 30.6. The van der Waals surface area contributed by atoms with E-state index in [4.69, 9.17) is 18.6 Å². The number of rotatable bonds is 4. The van der Waals surface area contributed by atoms with Gasteiger partial charge in [-0.15, -0.1) is 0 Å². The van der Waals surface area contributed by atoms with Crippen LogP contribution in [0.25, 0.3) is 22.3 Å². The van der Waals surface area contributed by atoms with Crippen molar-refractivity contribution in [1.29, 1.82) is 0 Å². The summed E-state index contributed by atoms with van der Waals surface area (Å²) in [4.78, 5) is 12.8. The summed E-state index contributed by atoms with van der Waals surface area (Å²) in [5.41, 5.74) is 0.976. The molecule has 0 aliphatic carbocycles. The lowest BCUT2D eigenvalue weighted by Gasteiger charge is -2.33. The maximum atomic E-state index is 12.8. The first-order valence-electron chi connectivity index (χ1n) is 10.2. The first-order valence-corrected chi connectivity index (χ1v) is 10.2. The van der Waals surface area contributed by atoms with E-state index < -0.39 is 30.0 Å². The number of aliphatic hydroxyl groups excluding tert-OH is 1. The Morgan fingerprint density at radius 3 is 2.52 bits per heavy atom. The first-order chi connectivity index (χ1) is 16.0. The van der Waals surface area contributed by atoms with Crippen LogP contribution in [0.2, 0.25) is 0 Å². The summed E-state index contributed by atoms with van der Waals surface area (Å²) in [6.07, 6.45) is -1.66. The molecule has 3 N–H and O–H groups in total. The Kier molecular flexibility index (Phi) is 5.07. The number of phenols is 2. The number of hydrogen-bond acceptors (Lipinski definition) is 8. The van der Waals surface area contributed by atoms with Crippen molar-refractivity contribution in [2.75, 3.05) is 13.7 Å². The predicted molar refractivity (Wildman–Crippen MR) is 119 cm³/mol. The topological polar surface area (TPSA) is 119 Å². The van der Waals surface area contributed by atoms with Gasteiger partial charge in [0.25, 0.3) is 0 Å². The highest BCUT2D eigenvalue weighted by Crippen LogP contribution is 2.48. The number of benzene rings is 3. The van der Waals surface area contributed by atoms with Crippen LogP contribution < -0.4 is 19.6 Å². The molecule has 0 bridgehead atoms. The van der Waals surface area contributed by atoms with Gasteiger partial charge in [-0.05, 0) is 12.1 Å². The second-order valence-electron chi connectivity index (χ2n) is 7.58. The maximum absolute atomic E-state index is 12.8. The number of methoxy groups -OCH3 is 1. The number of aliphatic hydroxyl groups is 1. The fraction of sp³-hybridized carbons (Fsp3) is 0.160. The van der Waals surface area contributed by atoms with Gasteiger partial charge in [-0.2, -0.15) is 0 Å². The molecule has 1 aromatic heterocycles. The maximum Gasteiger partial charge on any atom is 0.204 e. The van der Waals surface area contributed by atoms with Crippen LogP contribution in [0.15, 0.2) is 69.9 Å². The van der Waals surface area contributed by atoms with Crippen LogP contribution in [0.5, 0.6) is 28.7 Å². The Morgan fingerprint density at radius 2 is 1.79 bits per heavy atom. The zero-order valence-electron chi connectivity index (χ0n) is 17.5. The highest BCUT2D eigenvalue weighted by molar-refractivity contribution is 5.89. The van der Waals surface area contributed by atoms with Gasteiger partial charge in [-0.1, -0.05) is 36.4 Å². The van der Waals surface area contributed by atoms with E-state index in [0.29, 0.717) is 16.9 Å². The van der Waals surface area contributed by atoms with Gasteiger partial charge in [-0.3, -0.25) is 4.79 Å². The van der Waals surface area contributed by atoms with Crippen LogP contribution in [-0.4, -0.2) is 35.1 Å². The molecule has 168 valence electrons. The van der Waals surface area contributed by atoms with Gasteiger partial charge in [0.15, 0.2) is 40.6 Å². The molecule has 0 unspecified atom stereocenters. The average molecular weight is 448 g/mol. The van der Waals surface area contributed by atoms with Gasteiger partial charge in [-0.25, -0.2) is 0 Å². The second-order valence-corrected chi connectivity index (χ2v) is 7.58. The molecular formula is C25H20O8. The van der Waals surface area contributed by atoms with E-state index in [1.54, 1.807) is 12.1 Å². The van der Waals surface area contributed by atoms with Gasteiger partial charge in [0.05, 0.1) is 13.7 Å². The molecule has 0 amide bonds. The number of ether oxygens (including phenoxy) is 3. The third-order valence-electron chi connectivity index (χ3n) is 5.54. The monoisotopic (exact) mass is 448 g/mol. The van der Waals surface area contributed by atoms with Crippen molar-refractivity contribution in [2.45, 2.75) is 12.2 Å². The van der Waals surface area contributed by atoms with Crippen molar-refractivity contribution in [3.8, 4) is 40.1 Å². The van der Waals surface area contributed by atoms with Crippen LogP contribution in [-0.2, 0) is 0 Å². The minimum atomic E-state index is -0.884. The fourth-order valence-electron chi connectivity index (χ4n) is 3.92. The Balaban J connectivity index is 1.63. The van der Waals surface area contributed by atoms with Gasteiger partial charge < -0.3 is 33.9 Å². The minimum Gasteiger partial charge on any atom is -0.504 e. The predicted octanol–water partition coefficient (Wildman–Crippen LogP) is 3.75. The van der Waals surface area contributed by atoms with Gasteiger partial charge in [0.2, 0.25) is 5.75 Å². The molecule has 4 aromatic rings. The molecule has 1 aliphatic heterocycles. The summed E-state index contributed by atoms with van der Waals surface area (Å²) in [6.45, 7) is -0.424. The lowest BCUT2D eigenvalue weighted by atomic mass is 10.0. The van der Waals surface area contributed by atoms with Crippen molar-refractivity contribution in [3.63, 3.8) is 0 Å². The molecule has 2 atom stereocenters. The van der Waals surface area contributed by atoms with Crippen LogP contribution in [0.3, 0.4) is 0 Å². The lowest BCUT2D eigenvalue weighted by molar-refractivity contribution is -0.0139. The number of phenolic OH excluding ortho intramolecular Hbond substituents is 2. The van der Waals surface area contributed by atoms with Crippen molar-refractivity contribution >= 4 is 11.0 Å². The van der Waals surface area contributed by atoms with E-state index in [1.165, 1.54) is 25.3 Å². The lowest BCUT2D eigenvalue weighted by Crippen LogP contribution is -2.36. The second kappa shape index (κ2) is 8.07. The summed E-state index contributed by atoms with van der Waals surface area (Å²) in [6, 6.07) is 16.6. The summed E-state index contributed by atoms with van der Waals surface area (Å²) in [5.74, 6) is 0.211. The molecule has 1 aliphatic rings. The molecular weight excluding hydrogens is 428 g/mol. The summed E-state index contributed by atoms with van der Waals surface area (Å²) in [7, 11) is 1.42. The molecule has 8 nitrogen and oxygen atoms in total. The normalized spacial score (nSPS) is 17.2. The molecule has 0 radical (unpaired) electrons. The van der Waals surface area contributed by atoms with Gasteiger partial charge >= 0.3 is 0 Å². The van der Waals surface area contributed by atoms with E-state index in [0.717, 1.165) is 0 Å². The van der Waals surface area contributed by atoms with Crippen molar-refractivity contribution in [2.24, 2.45) is 0 Å². The summed E-state index contributed by atoms with van der Waals surface area (Å²) >= 11 is 0. The Bertz CT molecular complexity index is 1390. The average Bonchev–Trinajstić information content (AvgIpc) is 2.84. The van der Waals surface area contributed by atoms with Gasteiger partial charge in [0.1, 0.15) is 16.7 Å². The van der Waals surface area contributed by atoms with Crippen LogP contribution in [0.4, 0.5) is 0 Å². The molecule has 33 heavy (non-hydrogen) atoms. The fourth-order valence-corrected chi connectivity index (χ4v) is 3.92. The summed E-state index contributed by atoms with van der Waals surface area (Å²) < 4.78 is 23.0. The number of aromatic hydroxyl groups is 2. The number of fused-ring (bicyclic) bond motifs is 2. The number of hydrogen-bond donors (Lipinski definition) is 3. The largest absolute Gasteiger partial charge is 0.504 e. The quantitative estimate of drug-likeness (QED) is 0.432. The van der Waals surface area contributed by atoms with Crippen molar-refractivity contribution in [3.05, 3.63) is 76.5 Å². The first kappa shape index (κ1) is 20.7. The highest BCUT2D eigenvalue weighted by Gasteiger charge is 2.36. The SMILES string of the molecule is COc1cc([C@@H]2Oc3cc4oc(-c5ccccc5)cc(=O)c4c(O)c3O[C@H]2CO)ccc1O. The third-order valence-corrected chi connectivity index (χ3v) is 5.54. The smallest absolute Gasteiger partial charge is 0.204 e. The zero-order chi connectivity index (χ0) is 23.1. The zero-order valence-corrected chi connectivity index (χ0v) is 17.5. The van der Waals surface area contributed by atoms with Gasteiger partial charge in [0, 0.05) is 23.3 Å². The molecule has 0 fully saturated rings. The highest BCUT2D eigenvalue weighted by atomic mass is 16.6. The molecule has 3 aromatic carbocycles. The molecule has 0 spiro atoms. The van der Waals surface area contributed by atoms with Crippen molar-refractivity contribution in [1.82, 2.24) is 0 Å². The molecule has 0 saturated heterocycles. The minimum absolute atomic E-state index is 0.0431. The van der Waals surface area contributed by atoms with E-state index in [9.17, 15) is 20.1 Å². The van der Waals surface area contributed by atoms with Crippen molar-refractivity contribution < 1.29 is 33.9 Å². The third kappa shape index (κ3) is 3.50. The Labute approximate surface area is 187 Å². The van der Waals surface area contributed by atoms with E-state index in [1.807, 2.05) is 30.3 Å². The molecule has 2 heterocycles. The standard InChI is InChI=1S/C25H20O8/c1-30-18-9-14(7-8-15(18)27)24-21(12-26)33-25-20(32-24)11-19-22(23(25)29)16(28)10-17(31-19)13-5-3-2-4-6-13/h2-11,21,24,26-27,29H,12H2,1H3/t21-,24-/m0/s1. The van der Waals surface area contributed by atoms with E-state index in [2.05, 4.69) is 0 Å². The Morgan fingerprint density at radius 1 is 1.00 bits per heavy atom. The van der Waals surface area contributed by atoms with Crippen LogP contribution in [0.1, 0.15) is 11.7 Å². The van der Waals surface area contributed by atoms with E-state index in [-0.39, 0.29) is 34.0 Å². The molecule has 0 saturated carbocycles. The van der Waals surface area contributed by atoms with Crippen LogP contribution in [0, 0.1) is 0 Å². The van der Waals surface area contributed by atoms with E-state index >= 15 is 0 Å². The molecule has 8 heteroatoms. The Hall–Kier alpha value is -4.17.